The van der Waals surface area contributed by atoms with Crippen LogP contribution in [0.3, 0.4) is 0 Å². The summed E-state index contributed by atoms with van der Waals surface area (Å²) < 4.78 is 84.5. The molecule has 0 aromatic carbocycles. The molecule has 7 nitrogen and oxygen atoms in total. The van der Waals surface area contributed by atoms with Gasteiger partial charge in [0.1, 0.15) is 0 Å². The molecule has 0 aliphatic rings. The fourth-order valence-corrected chi connectivity index (χ4v) is 2.92. The van der Waals surface area contributed by atoms with Gasteiger partial charge in [0, 0.05) is 24.9 Å². The molecular weight excluding hydrogens is 410 g/mol. The summed E-state index contributed by atoms with van der Waals surface area (Å²) in [5, 5.41) is 16.8. The van der Waals surface area contributed by atoms with Crippen LogP contribution in [0.15, 0.2) is 12.1 Å². The van der Waals surface area contributed by atoms with Crippen molar-refractivity contribution >= 4 is 5.78 Å². The Morgan fingerprint density at radius 3 is 1.69 bits per heavy atom. The van der Waals surface area contributed by atoms with Gasteiger partial charge in [-0.15, -0.1) is 0 Å². The Labute approximate surface area is 160 Å². The van der Waals surface area contributed by atoms with Gasteiger partial charge in [0.15, 0.2) is 17.2 Å². The number of aliphatic hydroxyl groups is 1. The van der Waals surface area contributed by atoms with Crippen molar-refractivity contribution in [2.75, 3.05) is 20.3 Å². The lowest BCUT2D eigenvalue weighted by molar-refractivity contribution is -0.145. The number of aromatic nitrogens is 4. The van der Waals surface area contributed by atoms with Gasteiger partial charge in [0.05, 0.1) is 13.2 Å². The second-order valence-corrected chi connectivity index (χ2v) is 6.30. The van der Waals surface area contributed by atoms with E-state index in [2.05, 4.69) is 10.2 Å². The van der Waals surface area contributed by atoms with E-state index in [-0.39, 0.29) is 18.0 Å². The zero-order valence-electron chi connectivity index (χ0n) is 15.6. The Kier molecular flexibility index (Phi) is 6.14. The van der Waals surface area contributed by atoms with Crippen molar-refractivity contribution in [2.24, 2.45) is 0 Å². The summed E-state index contributed by atoms with van der Waals surface area (Å²) in [6, 6.07) is 1.25. The van der Waals surface area contributed by atoms with Gasteiger partial charge in [-0.3, -0.25) is 4.79 Å². The second-order valence-electron chi connectivity index (χ2n) is 6.30. The number of carbonyl (C=O) groups excluding carboxylic acids is 1. The van der Waals surface area contributed by atoms with Gasteiger partial charge in [0.2, 0.25) is 5.66 Å². The smallest absolute Gasteiger partial charge is 0.391 e. The van der Waals surface area contributed by atoms with Crippen LogP contribution in [0.1, 0.15) is 29.2 Å². The molecule has 0 saturated heterocycles. The first-order valence-electron chi connectivity index (χ1n) is 8.20. The summed E-state index contributed by atoms with van der Waals surface area (Å²) in [5.74, 6) is -0.929. The van der Waals surface area contributed by atoms with Crippen molar-refractivity contribution in [3.05, 3.63) is 34.9 Å². The summed E-state index contributed by atoms with van der Waals surface area (Å²) in [5.41, 5.74) is -5.61. The number of rotatable bonds is 7. The van der Waals surface area contributed by atoms with E-state index in [0.717, 1.165) is 0 Å². The van der Waals surface area contributed by atoms with E-state index in [1.165, 1.54) is 21.0 Å². The summed E-state index contributed by atoms with van der Waals surface area (Å²) in [6.45, 7) is 0.994. The summed E-state index contributed by atoms with van der Waals surface area (Å²) in [6.07, 6.45) is -10.2. The minimum absolute atomic E-state index is 0.181. The number of ketones is 1. The van der Waals surface area contributed by atoms with Crippen LogP contribution >= 0.6 is 0 Å². The third kappa shape index (κ3) is 4.15. The number of alkyl halides is 6. The highest BCUT2D eigenvalue weighted by Gasteiger charge is 2.48. The Balaban J connectivity index is 2.79. The highest BCUT2D eigenvalue weighted by molar-refractivity contribution is 5.87. The first kappa shape index (κ1) is 22.9. The fraction of sp³-hybridized carbons (Fsp3) is 0.562. The largest absolute Gasteiger partial charge is 0.435 e. The van der Waals surface area contributed by atoms with Crippen LogP contribution in [0.4, 0.5) is 26.3 Å². The van der Waals surface area contributed by atoms with Gasteiger partial charge in [-0.25, -0.2) is 9.36 Å². The van der Waals surface area contributed by atoms with Crippen LogP contribution in [0.2, 0.25) is 0 Å². The molecule has 0 saturated carbocycles. The minimum atomic E-state index is -4.87. The Bertz CT molecular complexity index is 826. The number of methoxy groups -OCH3 is 1. The van der Waals surface area contributed by atoms with Crippen LogP contribution in [0.25, 0.3) is 0 Å². The average molecular weight is 428 g/mol. The molecule has 2 heterocycles. The molecule has 0 unspecified atom stereocenters. The Morgan fingerprint density at radius 1 is 1.00 bits per heavy atom. The van der Waals surface area contributed by atoms with E-state index in [0.29, 0.717) is 21.5 Å². The first-order chi connectivity index (χ1) is 13.3. The molecule has 0 amide bonds. The molecular formula is C16H18F6N4O3. The van der Waals surface area contributed by atoms with Gasteiger partial charge in [-0.2, -0.15) is 36.5 Å². The number of nitrogens with zero attached hydrogens (tertiary/aromatic N) is 4. The highest BCUT2D eigenvalue weighted by Crippen LogP contribution is 2.34. The molecule has 0 aliphatic heterocycles. The van der Waals surface area contributed by atoms with Gasteiger partial charge < -0.3 is 9.84 Å². The maximum atomic E-state index is 13.1. The molecule has 0 bridgehead atoms. The van der Waals surface area contributed by atoms with Crippen molar-refractivity contribution in [3.63, 3.8) is 0 Å². The van der Waals surface area contributed by atoms with E-state index in [9.17, 15) is 36.2 Å². The average Bonchev–Trinajstić information content (AvgIpc) is 3.18. The molecule has 1 N–H and O–H groups in total. The first-order valence-corrected chi connectivity index (χ1v) is 8.20. The second kappa shape index (κ2) is 7.78. The predicted octanol–water partition coefficient (Wildman–Crippen LogP) is 2.53. The molecule has 0 fully saturated rings. The SMILES string of the molecule is COCCC(=O)C(CO)(n1nc(C(F)(F)F)cc1C)n1nc(C(F)(F)F)cc1C. The van der Waals surface area contributed by atoms with Gasteiger partial charge in [0.25, 0.3) is 0 Å². The van der Waals surface area contributed by atoms with Gasteiger partial charge >= 0.3 is 12.4 Å². The number of carbonyl (C=O) groups is 1. The molecule has 162 valence electrons. The fourth-order valence-electron chi connectivity index (χ4n) is 2.92. The standard InChI is InChI=1S/C16H18F6N4O3/c1-9-6-11(15(17,18)19)23-25(9)14(8-27,13(28)4-5-29-3)26-10(2)7-12(24-26)16(20,21)22/h6-7,27H,4-5,8H2,1-3H3. The van der Waals surface area contributed by atoms with Crippen LogP contribution in [-0.4, -0.2) is 50.8 Å². The maximum absolute atomic E-state index is 13.1. The highest BCUT2D eigenvalue weighted by atomic mass is 19.4. The summed E-state index contributed by atoms with van der Waals surface area (Å²) in [4.78, 5) is 13.0. The van der Waals surface area contributed by atoms with Crippen LogP contribution in [0, 0.1) is 13.8 Å². The van der Waals surface area contributed by atoms with Gasteiger partial charge in [-0.05, 0) is 26.0 Å². The lowest BCUT2D eigenvalue weighted by atomic mass is 10.0. The molecule has 13 heteroatoms. The van der Waals surface area contributed by atoms with E-state index in [1.54, 1.807) is 0 Å². The minimum Gasteiger partial charge on any atom is -0.391 e. The van der Waals surface area contributed by atoms with E-state index >= 15 is 0 Å². The normalized spacial score (nSPS) is 13.2. The van der Waals surface area contributed by atoms with Crippen molar-refractivity contribution in [3.8, 4) is 0 Å². The third-order valence-corrected chi connectivity index (χ3v) is 4.26. The number of halogens is 6. The Morgan fingerprint density at radius 2 is 1.41 bits per heavy atom. The number of hydrogen-bond donors (Lipinski definition) is 1. The molecule has 0 spiro atoms. The third-order valence-electron chi connectivity index (χ3n) is 4.26. The number of aliphatic hydroxyl groups excluding tert-OH is 1. The van der Waals surface area contributed by atoms with E-state index < -0.39 is 48.2 Å². The predicted molar refractivity (Wildman–Crippen MR) is 85.9 cm³/mol. The van der Waals surface area contributed by atoms with E-state index in [4.69, 9.17) is 4.74 Å². The van der Waals surface area contributed by atoms with Crippen molar-refractivity contribution in [1.29, 1.82) is 0 Å². The lowest BCUT2D eigenvalue weighted by Gasteiger charge is -2.33. The van der Waals surface area contributed by atoms with E-state index in [1.807, 2.05) is 0 Å². The molecule has 2 aromatic rings. The topological polar surface area (TPSA) is 82.2 Å². The van der Waals surface area contributed by atoms with Crippen molar-refractivity contribution < 1.29 is 41.0 Å². The van der Waals surface area contributed by atoms with Gasteiger partial charge in [-0.1, -0.05) is 0 Å². The van der Waals surface area contributed by atoms with Crippen LogP contribution in [0.5, 0.6) is 0 Å². The summed E-state index contributed by atoms with van der Waals surface area (Å²) in [7, 11) is 1.26. The summed E-state index contributed by atoms with van der Waals surface area (Å²) >= 11 is 0. The molecule has 0 atom stereocenters. The number of hydrogen-bond acceptors (Lipinski definition) is 5. The quantitative estimate of drug-likeness (QED) is 0.686. The molecule has 0 radical (unpaired) electrons. The van der Waals surface area contributed by atoms with Crippen LogP contribution < -0.4 is 0 Å². The van der Waals surface area contributed by atoms with Crippen molar-refractivity contribution in [2.45, 2.75) is 38.3 Å². The number of Topliss-reactive ketones (excluding diaryl/α,β-unsaturated/α-hetero) is 1. The Hall–Kier alpha value is -2.41. The number of aryl methyl sites for hydroxylation is 2. The zero-order valence-corrected chi connectivity index (χ0v) is 15.6. The number of ether oxygens (including phenoxy) is 1. The molecule has 2 rings (SSSR count). The van der Waals surface area contributed by atoms with Crippen LogP contribution in [-0.2, 0) is 27.5 Å². The molecule has 0 aliphatic carbocycles. The lowest BCUT2D eigenvalue weighted by Crippen LogP contribution is -2.54. The molecule has 29 heavy (non-hydrogen) atoms. The monoisotopic (exact) mass is 428 g/mol. The zero-order chi connectivity index (χ0) is 22.2. The van der Waals surface area contributed by atoms with Crippen molar-refractivity contribution in [1.82, 2.24) is 19.6 Å². The molecule has 2 aromatic heterocycles. The maximum Gasteiger partial charge on any atom is 0.435 e.